The van der Waals surface area contributed by atoms with E-state index in [0.717, 1.165) is 12.0 Å². The lowest BCUT2D eigenvalue weighted by molar-refractivity contribution is 0.100. The Labute approximate surface area is 149 Å². The number of rotatable bonds is 6. The molecule has 5 nitrogen and oxygen atoms in total. The van der Waals surface area contributed by atoms with E-state index in [1.54, 1.807) is 17.9 Å². The van der Waals surface area contributed by atoms with Gasteiger partial charge in [-0.3, -0.25) is 9.48 Å². The molecule has 0 aliphatic rings. The third kappa shape index (κ3) is 3.55. The second kappa shape index (κ2) is 7.21. The van der Waals surface area contributed by atoms with Gasteiger partial charge in [0.05, 0.1) is 21.8 Å². The number of carbonyl (C=O) groups is 1. The van der Waals surface area contributed by atoms with Gasteiger partial charge in [-0.25, -0.2) is 0 Å². The summed E-state index contributed by atoms with van der Waals surface area (Å²) in [6, 6.07) is 0. The van der Waals surface area contributed by atoms with Crippen molar-refractivity contribution in [2.75, 3.05) is 6.54 Å². The molecule has 1 amide bonds. The Hall–Kier alpha value is -1.08. The van der Waals surface area contributed by atoms with Crippen LogP contribution in [0.4, 0.5) is 0 Å². The summed E-state index contributed by atoms with van der Waals surface area (Å²) >= 11 is 13.9. The first-order valence-electron chi connectivity index (χ1n) is 7.27. The van der Waals surface area contributed by atoms with Gasteiger partial charge in [0.1, 0.15) is 4.34 Å². The summed E-state index contributed by atoms with van der Waals surface area (Å²) in [5.41, 5.74) is 13.7. The molecule has 0 aliphatic carbocycles. The zero-order chi connectivity index (χ0) is 17.3. The molecule has 8 heteroatoms. The number of aryl methyl sites for hydroxylation is 1. The van der Waals surface area contributed by atoms with Gasteiger partial charge in [0, 0.05) is 12.6 Å². The SMILES string of the molecule is CC(C)C[C@H](CN)c1c(C(N)=O)sc(Cl)c1-c1c(Cl)cnn1C. The molecular formula is C15H20Cl2N4OS. The number of carbonyl (C=O) groups excluding carboxylic acids is 1. The monoisotopic (exact) mass is 374 g/mol. The van der Waals surface area contributed by atoms with Gasteiger partial charge in [0.15, 0.2) is 0 Å². The van der Waals surface area contributed by atoms with Gasteiger partial charge in [0.25, 0.3) is 5.91 Å². The molecule has 0 saturated carbocycles. The van der Waals surface area contributed by atoms with E-state index in [2.05, 4.69) is 18.9 Å². The van der Waals surface area contributed by atoms with E-state index in [1.165, 1.54) is 11.3 Å². The molecule has 2 aromatic heterocycles. The summed E-state index contributed by atoms with van der Waals surface area (Å²) in [5.74, 6) is -0.112. The molecule has 1 atom stereocenters. The number of hydrogen-bond donors (Lipinski definition) is 2. The van der Waals surface area contributed by atoms with Crippen LogP contribution in [0, 0.1) is 5.92 Å². The summed E-state index contributed by atoms with van der Waals surface area (Å²) in [6.45, 7) is 4.61. The predicted molar refractivity (Wildman–Crippen MR) is 96.3 cm³/mol. The summed E-state index contributed by atoms with van der Waals surface area (Å²) in [4.78, 5) is 12.4. The largest absolute Gasteiger partial charge is 0.365 e. The average Bonchev–Trinajstić information content (AvgIpc) is 2.96. The van der Waals surface area contributed by atoms with Crippen molar-refractivity contribution in [1.29, 1.82) is 0 Å². The molecule has 4 N–H and O–H groups in total. The molecule has 2 rings (SSSR count). The van der Waals surface area contributed by atoms with Gasteiger partial charge in [-0.2, -0.15) is 5.10 Å². The number of aromatic nitrogens is 2. The number of primary amides is 1. The van der Waals surface area contributed by atoms with Crippen molar-refractivity contribution < 1.29 is 4.79 Å². The highest BCUT2D eigenvalue weighted by Gasteiger charge is 2.30. The lowest BCUT2D eigenvalue weighted by Gasteiger charge is -2.20. The number of halogens is 2. The van der Waals surface area contributed by atoms with Gasteiger partial charge in [-0.15, -0.1) is 11.3 Å². The molecule has 23 heavy (non-hydrogen) atoms. The summed E-state index contributed by atoms with van der Waals surface area (Å²) < 4.78 is 2.12. The van der Waals surface area contributed by atoms with Crippen molar-refractivity contribution in [2.45, 2.75) is 26.2 Å². The highest BCUT2D eigenvalue weighted by atomic mass is 35.5. The summed E-state index contributed by atoms with van der Waals surface area (Å²) in [6.07, 6.45) is 2.38. The van der Waals surface area contributed by atoms with Crippen LogP contribution < -0.4 is 11.5 Å². The van der Waals surface area contributed by atoms with E-state index in [0.29, 0.717) is 38.0 Å². The molecule has 0 unspecified atom stereocenters. The number of hydrogen-bond acceptors (Lipinski definition) is 4. The third-order valence-corrected chi connectivity index (χ3v) is 5.41. The quantitative estimate of drug-likeness (QED) is 0.808. The highest BCUT2D eigenvalue weighted by molar-refractivity contribution is 7.18. The molecule has 0 bridgehead atoms. The van der Waals surface area contributed by atoms with Crippen molar-refractivity contribution in [2.24, 2.45) is 24.4 Å². The Morgan fingerprint density at radius 3 is 2.52 bits per heavy atom. The van der Waals surface area contributed by atoms with Crippen LogP contribution in [-0.2, 0) is 7.05 Å². The Bertz CT molecular complexity index is 704. The van der Waals surface area contributed by atoms with E-state index in [1.807, 2.05) is 0 Å². The van der Waals surface area contributed by atoms with E-state index >= 15 is 0 Å². The second-order valence-electron chi connectivity index (χ2n) is 5.88. The zero-order valence-electron chi connectivity index (χ0n) is 13.3. The normalized spacial score (nSPS) is 12.8. The Balaban J connectivity index is 2.74. The minimum Gasteiger partial charge on any atom is -0.365 e. The third-order valence-electron chi connectivity index (χ3n) is 3.71. The molecule has 126 valence electrons. The maximum absolute atomic E-state index is 11.9. The maximum atomic E-state index is 11.9. The van der Waals surface area contributed by atoms with Crippen LogP contribution in [0.3, 0.4) is 0 Å². The first kappa shape index (κ1) is 18.3. The van der Waals surface area contributed by atoms with Crippen molar-refractivity contribution in [3.05, 3.63) is 26.0 Å². The van der Waals surface area contributed by atoms with E-state index in [-0.39, 0.29) is 5.92 Å². The van der Waals surface area contributed by atoms with E-state index in [4.69, 9.17) is 34.7 Å². The minimum atomic E-state index is -0.501. The first-order valence-corrected chi connectivity index (χ1v) is 8.85. The molecule has 0 aromatic carbocycles. The van der Waals surface area contributed by atoms with E-state index < -0.39 is 5.91 Å². The smallest absolute Gasteiger partial charge is 0.259 e. The van der Waals surface area contributed by atoms with Crippen LogP contribution in [-0.4, -0.2) is 22.2 Å². The molecule has 0 radical (unpaired) electrons. The van der Waals surface area contributed by atoms with Crippen LogP contribution >= 0.6 is 34.5 Å². The van der Waals surface area contributed by atoms with Crippen LogP contribution in [0.25, 0.3) is 11.3 Å². The van der Waals surface area contributed by atoms with Gasteiger partial charge >= 0.3 is 0 Å². The van der Waals surface area contributed by atoms with Crippen LogP contribution in [0.1, 0.15) is 41.4 Å². The summed E-state index contributed by atoms with van der Waals surface area (Å²) in [7, 11) is 1.78. The predicted octanol–water partition coefficient (Wildman–Crippen LogP) is 3.64. The molecule has 2 aromatic rings. The van der Waals surface area contributed by atoms with Crippen molar-refractivity contribution in [3.63, 3.8) is 0 Å². The second-order valence-corrected chi connectivity index (χ2v) is 7.91. The Kier molecular flexibility index (Phi) is 5.73. The number of thiophene rings is 1. The molecule has 0 aliphatic heterocycles. The van der Waals surface area contributed by atoms with Crippen LogP contribution in [0.2, 0.25) is 9.36 Å². The van der Waals surface area contributed by atoms with Crippen molar-refractivity contribution in [3.8, 4) is 11.3 Å². The number of nitrogens with zero attached hydrogens (tertiary/aromatic N) is 2. The maximum Gasteiger partial charge on any atom is 0.259 e. The van der Waals surface area contributed by atoms with Gasteiger partial charge < -0.3 is 11.5 Å². The zero-order valence-corrected chi connectivity index (χ0v) is 15.6. The fraction of sp³-hybridized carbons (Fsp3) is 0.467. The lowest BCUT2D eigenvalue weighted by atomic mass is 9.87. The molecule has 0 spiro atoms. The summed E-state index contributed by atoms with van der Waals surface area (Å²) in [5, 5.41) is 4.63. The average molecular weight is 375 g/mol. The molecular weight excluding hydrogens is 355 g/mol. The van der Waals surface area contributed by atoms with Crippen molar-refractivity contribution >= 4 is 40.4 Å². The van der Waals surface area contributed by atoms with Crippen LogP contribution in [0.15, 0.2) is 6.20 Å². The van der Waals surface area contributed by atoms with Gasteiger partial charge in [0.2, 0.25) is 0 Å². The molecule has 0 fully saturated rings. The number of nitrogens with two attached hydrogens (primary N) is 2. The first-order chi connectivity index (χ1) is 10.8. The standard InChI is InChI=1S/C15H20Cl2N4OS/c1-7(2)4-8(5-18)10-11(12-9(16)6-20-21(12)3)14(17)23-13(10)15(19)22/h6-8H,4-5,18H2,1-3H3,(H2,19,22)/t8-/m1/s1. The number of amides is 1. The Morgan fingerprint density at radius 1 is 1.43 bits per heavy atom. The minimum absolute atomic E-state index is 0.0257. The fourth-order valence-corrected chi connectivity index (χ4v) is 4.45. The molecule has 2 heterocycles. The molecule has 0 saturated heterocycles. The fourth-order valence-electron chi connectivity index (χ4n) is 2.80. The lowest BCUT2D eigenvalue weighted by Crippen LogP contribution is -2.20. The van der Waals surface area contributed by atoms with Gasteiger partial charge in [-0.05, 0) is 30.4 Å². The topological polar surface area (TPSA) is 86.9 Å². The highest BCUT2D eigenvalue weighted by Crippen LogP contribution is 2.46. The van der Waals surface area contributed by atoms with Gasteiger partial charge in [-0.1, -0.05) is 37.0 Å². The van der Waals surface area contributed by atoms with E-state index in [9.17, 15) is 4.79 Å². The Morgan fingerprint density at radius 2 is 2.09 bits per heavy atom. The van der Waals surface area contributed by atoms with Crippen molar-refractivity contribution in [1.82, 2.24) is 9.78 Å². The van der Waals surface area contributed by atoms with Crippen LogP contribution in [0.5, 0.6) is 0 Å².